The van der Waals surface area contributed by atoms with Crippen molar-refractivity contribution in [3.05, 3.63) is 29.8 Å². The molecule has 1 heterocycles. The molecule has 1 aromatic rings. The first-order valence-electron chi connectivity index (χ1n) is 6.99. The first kappa shape index (κ1) is 15.4. The summed E-state index contributed by atoms with van der Waals surface area (Å²) in [7, 11) is 0. The minimum absolute atomic E-state index is 0.00574. The maximum atomic E-state index is 13.9. The van der Waals surface area contributed by atoms with E-state index in [2.05, 4.69) is 5.32 Å². The molecule has 1 saturated heterocycles. The smallest absolute Gasteiger partial charge is 0.249 e. The summed E-state index contributed by atoms with van der Waals surface area (Å²) in [5, 5.41) is 2.68. The molecule has 2 unspecified atom stereocenters. The second-order valence-corrected chi connectivity index (χ2v) is 5.27. The van der Waals surface area contributed by atoms with Gasteiger partial charge in [-0.1, -0.05) is 20.3 Å². The molecule has 0 bridgehead atoms. The van der Waals surface area contributed by atoms with E-state index in [1.165, 1.54) is 11.0 Å². The van der Waals surface area contributed by atoms with Crippen molar-refractivity contribution in [2.24, 2.45) is 5.92 Å². The first-order chi connectivity index (χ1) is 9.93. The molecule has 1 fully saturated rings. The van der Waals surface area contributed by atoms with E-state index in [4.69, 9.17) is 0 Å². The van der Waals surface area contributed by atoms with Gasteiger partial charge < -0.3 is 10.2 Å². The molecule has 2 atom stereocenters. The zero-order valence-corrected chi connectivity index (χ0v) is 12.0. The van der Waals surface area contributed by atoms with Gasteiger partial charge in [0.15, 0.2) is 0 Å². The summed E-state index contributed by atoms with van der Waals surface area (Å²) in [5.41, 5.74) is 0.00574. The third-order valence-electron chi connectivity index (χ3n) is 3.82. The fourth-order valence-electron chi connectivity index (χ4n) is 2.36. The second-order valence-electron chi connectivity index (χ2n) is 5.27. The quantitative estimate of drug-likeness (QED) is 0.930. The van der Waals surface area contributed by atoms with Gasteiger partial charge in [-0.3, -0.25) is 9.59 Å². The van der Waals surface area contributed by atoms with E-state index in [0.29, 0.717) is 6.42 Å². The fourth-order valence-corrected chi connectivity index (χ4v) is 2.36. The average Bonchev–Trinajstić information content (AvgIpc) is 2.59. The van der Waals surface area contributed by atoms with E-state index in [1.807, 2.05) is 13.8 Å². The van der Waals surface area contributed by atoms with Gasteiger partial charge >= 0.3 is 0 Å². The summed E-state index contributed by atoms with van der Waals surface area (Å²) in [4.78, 5) is 25.5. The fraction of sp³-hybridized carbons (Fsp3) is 0.467. The van der Waals surface area contributed by atoms with Crippen molar-refractivity contribution in [3.8, 4) is 0 Å². The highest BCUT2D eigenvalue weighted by Crippen LogP contribution is 2.24. The number of anilines is 1. The number of hydrogen-bond acceptors (Lipinski definition) is 2. The van der Waals surface area contributed by atoms with Crippen molar-refractivity contribution >= 4 is 17.5 Å². The van der Waals surface area contributed by atoms with Crippen molar-refractivity contribution in [1.82, 2.24) is 5.32 Å². The topological polar surface area (TPSA) is 49.4 Å². The van der Waals surface area contributed by atoms with Crippen LogP contribution in [0.4, 0.5) is 14.5 Å². The maximum Gasteiger partial charge on any atom is 0.249 e. The molecule has 4 nitrogen and oxygen atoms in total. The van der Waals surface area contributed by atoms with Crippen molar-refractivity contribution in [1.29, 1.82) is 0 Å². The number of hydrogen-bond donors (Lipinski definition) is 1. The molecule has 1 aliphatic heterocycles. The summed E-state index contributed by atoms with van der Waals surface area (Å²) in [6, 6.07) is 2.38. The highest BCUT2D eigenvalue weighted by Gasteiger charge is 2.34. The van der Waals surface area contributed by atoms with Crippen molar-refractivity contribution in [2.45, 2.75) is 32.7 Å². The summed E-state index contributed by atoms with van der Waals surface area (Å²) in [6.07, 6.45) is 0.798. The minimum atomic E-state index is -0.805. The lowest BCUT2D eigenvalue weighted by Crippen LogP contribution is -2.48. The zero-order chi connectivity index (χ0) is 15.6. The summed E-state index contributed by atoms with van der Waals surface area (Å²) in [6.45, 7) is 3.85. The van der Waals surface area contributed by atoms with E-state index >= 15 is 0 Å². The van der Waals surface area contributed by atoms with Crippen LogP contribution in [0.3, 0.4) is 0 Å². The van der Waals surface area contributed by atoms with Gasteiger partial charge in [-0.2, -0.15) is 0 Å². The van der Waals surface area contributed by atoms with Crippen molar-refractivity contribution < 1.29 is 18.4 Å². The van der Waals surface area contributed by atoms with E-state index in [0.717, 1.165) is 12.1 Å². The summed E-state index contributed by atoms with van der Waals surface area (Å²) >= 11 is 0. The van der Waals surface area contributed by atoms with Crippen LogP contribution in [0, 0.1) is 17.6 Å². The van der Waals surface area contributed by atoms with E-state index in [-0.39, 0.29) is 36.4 Å². The average molecular weight is 296 g/mol. The van der Waals surface area contributed by atoms with Crippen LogP contribution < -0.4 is 10.2 Å². The molecule has 0 spiro atoms. The number of nitrogens with zero attached hydrogens (tertiary/aromatic N) is 1. The van der Waals surface area contributed by atoms with Gasteiger partial charge in [-0.05, 0) is 18.1 Å². The number of carbonyl (C=O) groups is 2. The van der Waals surface area contributed by atoms with Gasteiger partial charge in [-0.25, -0.2) is 8.78 Å². The first-order valence-corrected chi connectivity index (χ1v) is 6.99. The van der Waals surface area contributed by atoms with E-state index in [1.54, 1.807) is 0 Å². The van der Waals surface area contributed by atoms with Gasteiger partial charge in [-0.15, -0.1) is 0 Å². The predicted molar refractivity (Wildman–Crippen MR) is 74.7 cm³/mol. The van der Waals surface area contributed by atoms with Crippen LogP contribution >= 0.6 is 0 Å². The number of nitrogens with one attached hydrogen (secondary N) is 1. The molecule has 0 radical (unpaired) electrons. The molecule has 21 heavy (non-hydrogen) atoms. The molecule has 114 valence electrons. The predicted octanol–water partition coefficient (Wildman–Crippen LogP) is 2.23. The Labute approximate surface area is 122 Å². The Balaban J connectivity index is 2.37. The van der Waals surface area contributed by atoms with Gasteiger partial charge in [0.25, 0.3) is 0 Å². The molecule has 0 aliphatic carbocycles. The van der Waals surface area contributed by atoms with Crippen molar-refractivity contribution in [2.75, 3.05) is 11.4 Å². The van der Waals surface area contributed by atoms with E-state index in [9.17, 15) is 18.4 Å². The van der Waals surface area contributed by atoms with Gasteiger partial charge in [0.2, 0.25) is 11.8 Å². The molecule has 2 rings (SSSR count). The third kappa shape index (κ3) is 3.20. The number of benzene rings is 1. The molecule has 1 aromatic carbocycles. The van der Waals surface area contributed by atoms with Crippen LogP contribution in [0.1, 0.15) is 26.7 Å². The lowest BCUT2D eigenvalue weighted by molar-refractivity contribution is -0.126. The second kappa shape index (κ2) is 6.20. The Bertz CT molecular complexity index is 563. The molecule has 1 N–H and O–H groups in total. The van der Waals surface area contributed by atoms with E-state index < -0.39 is 17.7 Å². The van der Waals surface area contributed by atoms with Crippen LogP contribution in [0.2, 0.25) is 0 Å². The largest absolute Gasteiger partial charge is 0.344 e. The van der Waals surface area contributed by atoms with Crippen LogP contribution in [0.25, 0.3) is 0 Å². The Morgan fingerprint density at radius 2 is 2.10 bits per heavy atom. The highest BCUT2D eigenvalue weighted by atomic mass is 19.1. The number of amides is 2. The lowest BCUT2D eigenvalue weighted by Gasteiger charge is -2.27. The van der Waals surface area contributed by atoms with Crippen LogP contribution in [-0.4, -0.2) is 24.4 Å². The normalized spacial score (nSPS) is 21.0. The van der Waals surface area contributed by atoms with Crippen LogP contribution in [0.5, 0.6) is 0 Å². The monoisotopic (exact) mass is 296 g/mol. The Hall–Kier alpha value is -1.98. The van der Waals surface area contributed by atoms with Crippen LogP contribution in [-0.2, 0) is 9.59 Å². The summed E-state index contributed by atoms with van der Waals surface area (Å²) in [5.74, 6) is -2.17. The van der Waals surface area contributed by atoms with Gasteiger partial charge in [0.05, 0.1) is 5.69 Å². The number of halogens is 2. The minimum Gasteiger partial charge on any atom is -0.344 e. The Morgan fingerprint density at radius 3 is 2.71 bits per heavy atom. The third-order valence-corrected chi connectivity index (χ3v) is 3.82. The highest BCUT2D eigenvalue weighted by molar-refractivity contribution is 6.01. The SMILES string of the molecule is CCC(C)C1NC(=O)CCN(c2ccc(F)cc2F)C1=O. The standard InChI is InChI=1S/C15H18F2N2O2/c1-3-9(2)14-15(21)19(7-6-13(20)18-14)12-5-4-10(16)8-11(12)17/h4-5,8-9,14H,3,6-7H2,1-2H3,(H,18,20). The Morgan fingerprint density at radius 1 is 1.38 bits per heavy atom. The molecule has 0 saturated carbocycles. The molecule has 6 heteroatoms. The maximum absolute atomic E-state index is 13.9. The number of rotatable bonds is 3. The van der Waals surface area contributed by atoms with Gasteiger partial charge in [0, 0.05) is 19.0 Å². The molecule has 0 aromatic heterocycles. The molecular weight excluding hydrogens is 278 g/mol. The molecule has 2 amide bonds. The van der Waals surface area contributed by atoms with Gasteiger partial charge in [0.1, 0.15) is 17.7 Å². The molecule has 1 aliphatic rings. The zero-order valence-electron chi connectivity index (χ0n) is 12.0. The summed E-state index contributed by atoms with van der Waals surface area (Å²) < 4.78 is 26.9. The lowest BCUT2D eigenvalue weighted by atomic mass is 9.98. The molecular formula is C15H18F2N2O2. The van der Waals surface area contributed by atoms with Crippen LogP contribution in [0.15, 0.2) is 18.2 Å². The Kier molecular flexibility index (Phi) is 4.55. The van der Waals surface area contributed by atoms with Crippen molar-refractivity contribution in [3.63, 3.8) is 0 Å². The number of carbonyl (C=O) groups excluding carboxylic acids is 2.